The molecule has 1 saturated heterocycles. The fourth-order valence-electron chi connectivity index (χ4n) is 4.21. The second-order valence-corrected chi connectivity index (χ2v) is 8.50. The number of hydrogen-bond donors (Lipinski definition) is 0. The van der Waals surface area contributed by atoms with Crippen LogP contribution in [-0.4, -0.2) is 30.3 Å². The number of hydrogen-bond acceptors (Lipinski definition) is 5. The third kappa shape index (κ3) is 1.73. The van der Waals surface area contributed by atoms with Crippen LogP contribution in [0.4, 0.5) is 0 Å². The lowest BCUT2D eigenvalue weighted by Crippen LogP contribution is -2.53. The number of esters is 1. The van der Waals surface area contributed by atoms with Gasteiger partial charge in [-0.1, -0.05) is 18.2 Å². The minimum Gasteiger partial charge on any atom is -0.469 e. The topological polar surface area (TPSA) is 76.8 Å². The highest BCUT2D eigenvalue weighted by atomic mass is 32.2. The molecule has 25 heavy (non-hydrogen) atoms. The molecule has 0 aliphatic carbocycles. The van der Waals surface area contributed by atoms with Crippen LogP contribution >= 0.6 is 0 Å². The summed E-state index contributed by atoms with van der Waals surface area (Å²) in [4.78, 5) is 12.4. The summed E-state index contributed by atoms with van der Waals surface area (Å²) >= 11 is 0. The van der Waals surface area contributed by atoms with Gasteiger partial charge in [0.05, 0.1) is 35.2 Å². The van der Waals surface area contributed by atoms with Crippen molar-refractivity contribution in [3.05, 3.63) is 60.1 Å². The molecular formula is C18H15NO5S. The first kappa shape index (κ1) is 14.8. The summed E-state index contributed by atoms with van der Waals surface area (Å²) in [5, 5.41) is 0. The van der Waals surface area contributed by atoms with Crippen molar-refractivity contribution >= 4 is 21.7 Å². The summed E-state index contributed by atoms with van der Waals surface area (Å²) in [6, 6.07) is 9.89. The van der Waals surface area contributed by atoms with Gasteiger partial charge in [-0.2, -0.15) is 0 Å². The van der Waals surface area contributed by atoms with Gasteiger partial charge in [-0.3, -0.25) is 9.10 Å². The molecule has 0 spiro atoms. The van der Waals surface area contributed by atoms with E-state index in [-0.39, 0.29) is 17.2 Å². The fourth-order valence-corrected chi connectivity index (χ4v) is 6.16. The second-order valence-electron chi connectivity index (χ2n) is 6.72. The summed E-state index contributed by atoms with van der Waals surface area (Å²) in [5.74, 6) is -0.104. The van der Waals surface area contributed by atoms with E-state index in [2.05, 4.69) is 0 Å². The number of sulfonamides is 1. The van der Waals surface area contributed by atoms with E-state index in [1.165, 1.54) is 4.31 Å². The standard InChI is InChI=1S/C18H15NO5S/c1-18-12(14-6-4-8-23-14)9-13-11-5-2-3-7-15(11)25(21,22)19(13)16(18)10-17(20)24-18/h2-9,12,16H,10H2,1H3/t12?,16?,18-/m0/s1. The monoisotopic (exact) mass is 357 g/mol. The van der Waals surface area contributed by atoms with Crippen LogP contribution < -0.4 is 0 Å². The Morgan fingerprint density at radius 1 is 1.20 bits per heavy atom. The molecule has 5 rings (SSSR count). The Labute approximate surface area is 144 Å². The van der Waals surface area contributed by atoms with Gasteiger partial charge in [0.25, 0.3) is 10.0 Å². The molecule has 2 aromatic rings. The molecule has 0 saturated carbocycles. The van der Waals surface area contributed by atoms with Gasteiger partial charge in [0, 0.05) is 5.56 Å². The van der Waals surface area contributed by atoms with Gasteiger partial charge < -0.3 is 9.15 Å². The summed E-state index contributed by atoms with van der Waals surface area (Å²) < 4.78 is 38.8. The minimum absolute atomic E-state index is 0.0261. The molecule has 7 heteroatoms. The van der Waals surface area contributed by atoms with Crippen molar-refractivity contribution in [2.45, 2.75) is 35.8 Å². The predicted octanol–water partition coefficient (Wildman–Crippen LogP) is 2.50. The lowest BCUT2D eigenvalue weighted by atomic mass is 9.77. The molecule has 0 bridgehead atoms. The van der Waals surface area contributed by atoms with Crippen LogP contribution in [0.25, 0.3) is 5.70 Å². The Kier molecular flexibility index (Phi) is 2.69. The van der Waals surface area contributed by atoms with Crippen molar-refractivity contribution in [3.8, 4) is 0 Å². The maximum Gasteiger partial charge on any atom is 0.308 e. The zero-order valence-corrected chi connectivity index (χ0v) is 14.2. The minimum atomic E-state index is -3.71. The number of fused-ring (bicyclic) bond motifs is 5. The Bertz CT molecular complexity index is 1020. The molecule has 1 fully saturated rings. The first-order valence-electron chi connectivity index (χ1n) is 8.04. The lowest BCUT2D eigenvalue weighted by Gasteiger charge is -2.43. The lowest BCUT2D eigenvalue weighted by molar-refractivity contribution is -0.149. The van der Waals surface area contributed by atoms with E-state index in [0.29, 0.717) is 17.0 Å². The second kappa shape index (κ2) is 4.54. The molecule has 0 amide bonds. The first-order chi connectivity index (χ1) is 11.9. The Morgan fingerprint density at radius 2 is 2.00 bits per heavy atom. The Hall–Kier alpha value is -2.54. The van der Waals surface area contributed by atoms with Crippen LogP contribution in [0.5, 0.6) is 0 Å². The maximum absolute atomic E-state index is 13.1. The molecule has 2 unspecified atom stereocenters. The van der Waals surface area contributed by atoms with E-state index >= 15 is 0 Å². The van der Waals surface area contributed by atoms with Gasteiger partial charge in [-0.25, -0.2) is 8.42 Å². The van der Waals surface area contributed by atoms with Crippen LogP contribution in [0.15, 0.2) is 58.1 Å². The van der Waals surface area contributed by atoms with E-state index < -0.39 is 27.6 Å². The van der Waals surface area contributed by atoms with Gasteiger partial charge in [-0.15, -0.1) is 0 Å². The van der Waals surface area contributed by atoms with Gasteiger partial charge >= 0.3 is 5.97 Å². The van der Waals surface area contributed by atoms with Crippen LogP contribution in [0.1, 0.15) is 30.6 Å². The molecule has 4 heterocycles. The van der Waals surface area contributed by atoms with Crippen LogP contribution in [0, 0.1) is 0 Å². The van der Waals surface area contributed by atoms with Crippen molar-refractivity contribution in [1.82, 2.24) is 4.31 Å². The molecule has 1 aromatic carbocycles. The molecule has 6 nitrogen and oxygen atoms in total. The zero-order valence-electron chi connectivity index (χ0n) is 13.4. The smallest absolute Gasteiger partial charge is 0.308 e. The van der Waals surface area contributed by atoms with Crippen LogP contribution in [-0.2, 0) is 19.6 Å². The molecule has 3 aliphatic heterocycles. The normalized spacial score (nSPS) is 31.8. The number of furan rings is 1. The third-order valence-electron chi connectivity index (χ3n) is 5.37. The van der Waals surface area contributed by atoms with Gasteiger partial charge in [0.15, 0.2) is 0 Å². The number of carbonyl (C=O) groups is 1. The quantitative estimate of drug-likeness (QED) is 0.733. The highest BCUT2D eigenvalue weighted by molar-refractivity contribution is 7.90. The zero-order chi connectivity index (χ0) is 17.4. The van der Waals surface area contributed by atoms with Crippen molar-refractivity contribution in [3.63, 3.8) is 0 Å². The van der Waals surface area contributed by atoms with Gasteiger partial charge in [0.2, 0.25) is 0 Å². The molecule has 0 radical (unpaired) electrons. The van der Waals surface area contributed by atoms with Crippen molar-refractivity contribution in [2.75, 3.05) is 0 Å². The summed E-state index contributed by atoms with van der Waals surface area (Å²) in [7, 11) is -3.71. The highest BCUT2D eigenvalue weighted by Crippen LogP contribution is 2.54. The number of benzene rings is 1. The van der Waals surface area contributed by atoms with E-state index in [1.807, 2.05) is 18.2 Å². The Balaban J connectivity index is 1.80. The summed E-state index contributed by atoms with van der Waals surface area (Å²) in [6.45, 7) is 1.78. The van der Waals surface area contributed by atoms with Crippen molar-refractivity contribution < 1.29 is 22.4 Å². The Morgan fingerprint density at radius 3 is 2.76 bits per heavy atom. The number of carbonyl (C=O) groups excluding carboxylic acids is 1. The fraction of sp³-hybridized carbons (Fsp3) is 0.278. The predicted molar refractivity (Wildman–Crippen MR) is 87.8 cm³/mol. The van der Waals surface area contributed by atoms with Crippen molar-refractivity contribution in [2.24, 2.45) is 0 Å². The maximum atomic E-state index is 13.1. The SMILES string of the molecule is C[C@@]12OC(=O)CC1N1C(=CC2c2ccco2)c2ccccc2S1(=O)=O. The number of rotatable bonds is 1. The van der Waals surface area contributed by atoms with E-state index in [9.17, 15) is 13.2 Å². The molecule has 128 valence electrons. The number of nitrogens with zero attached hydrogens (tertiary/aromatic N) is 1. The van der Waals surface area contributed by atoms with Crippen LogP contribution in [0.3, 0.4) is 0 Å². The van der Waals surface area contributed by atoms with Gasteiger partial charge in [-0.05, 0) is 31.2 Å². The molecule has 0 N–H and O–H groups in total. The van der Waals surface area contributed by atoms with Crippen LogP contribution in [0.2, 0.25) is 0 Å². The van der Waals surface area contributed by atoms with E-state index in [0.717, 1.165) is 0 Å². The number of ether oxygens (including phenoxy) is 1. The molecule has 3 aliphatic rings. The molecule has 1 aromatic heterocycles. The first-order valence-corrected chi connectivity index (χ1v) is 9.48. The summed E-state index contributed by atoms with van der Waals surface area (Å²) in [6.07, 6.45) is 3.43. The average Bonchev–Trinajstić information content (AvgIpc) is 3.24. The van der Waals surface area contributed by atoms with E-state index in [4.69, 9.17) is 9.15 Å². The van der Waals surface area contributed by atoms with Crippen molar-refractivity contribution in [1.29, 1.82) is 0 Å². The molecule has 3 atom stereocenters. The van der Waals surface area contributed by atoms with Gasteiger partial charge in [0.1, 0.15) is 11.4 Å². The largest absolute Gasteiger partial charge is 0.469 e. The summed E-state index contributed by atoms with van der Waals surface area (Å²) in [5.41, 5.74) is 0.242. The third-order valence-corrected chi connectivity index (χ3v) is 7.25. The average molecular weight is 357 g/mol. The molecular weight excluding hydrogens is 342 g/mol. The van der Waals surface area contributed by atoms with E-state index in [1.54, 1.807) is 37.5 Å². The highest BCUT2D eigenvalue weighted by Gasteiger charge is 2.61.